The lowest BCUT2D eigenvalue weighted by atomic mass is 10.0. The molecule has 32 heavy (non-hydrogen) atoms. The largest absolute Gasteiger partial charge is 0.385 e. The van der Waals surface area contributed by atoms with Crippen LogP contribution in [0.1, 0.15) is 29.3 Å². The first-order valence-electron chi connectivity index (χ1n) is 10.8. The van der Waals surface area contributed by atoms with E-state index in [2.05, 4.69) is 12.2 Å². The van der Waals surface area contributed by atoms with Gasteiger partial charge in [0, 0.05) is 39.1 Å². The lowest BCUT2D eigenvalue weighted by molar-refractivity contribution is -0.121. The molecule has 168 valence electrons. The minimum Gasteiger partial charge on any atom is -0.385 e. The van der Waals surface area contributed by atoms with E-state index in [0.29, 0.717) is 24.4 Å². The summed E-state index contributed by atoms with van der Waals surface area (Å²) in [5.74, 6) is -0.463. The highest BCUT2D eigenvalue weighted by Crippen LogP contribution is 2.25. The number of likely N-dealkylation sites (N-methyl/N-ethyl adjacent to an activating group) is 1. The smallest absolute Gasteiger partial charge is 0.257 e. The number of carbonyl (C=O) groups excluding carboxylic acids is 2. The Bertz CT molecular complexity index is 1030. The topological polar surface area (TPSA) is 76.5 Å². The second-order valence-electron chi connectivity index (χ2n) is 7.58. The zero-order valence-corrected chi connectivity index (χ0v) is 18.9. The minimum absolute atomic E-state index is 0.0312. The van der Waals surface area contributed by atoms with E-state index < -0.39 is 0 Å². The minimum atomic E-state index is -0.256. The van der Waals surface area contributed by atoms with Crippen LogP contribution >= 0.6 is 0 Å². The molecule has 0 saturated heterocycles. The molecule has 0 spiro atoms. The van der Waals surface area contributed by atoms with Gasteiger partial charge < -0.3 is 15.0 Å². The Hall–Kier alpha value is -3.45. The fourth-order valence-electron chi connectivity index (χ4n) is 3.35. The Morgan fingerprint density at radius 3 is 2.47 bits per heavy atom. The molecule has 0 radical (unpaired) electrons. The van der Waals surface area contributed by atoms with E-state index in [1.807, 2.05) is 54.6 Å². The highest BCUT2D eigenvalue weighted by molar-refractivity contribution is 6.01. The molecule has 7 heteroatoms. The van der Waals surface area contributed by atoms with Gasteiger partial charge in [0.05, 0.1) is 17.8 Å². The first kappa shape index (κ1) is 23.2. The summed E-state index contributed by atoms with van der Waals surface area (Å²) in [4.78, 5) is 26.9. The van der Waals surface area contributed by atoms with Gasteiger partial charge in [-0.15, -0.1) is 0 Å². The van der Waals surface area contributed by atoms with Gasteiger partial charge >= 0.3 is 0 Å². The average Bonchev–Trinajstić information content (AvgIpc) is 3.27. The van der Waals surface area contributed by atoms with Crippen LogP contribution in [0.2, 0.25) is 0 Å². The molecule has 2 amide bonds. The molecule has 3 aromatic rings. The molecule has 1 aromatic heterocycles. The lowest BCUT2D eigenvalue weighted by Crippen LogP contribution is -2.38. The van der Waals surface area contributed by atoms with Crippen LogP contribution in [0.15, 0.2) is 60.8 Å². The summed E-state index contributed by atoms with van der Waals surface area (Å²) < 4.78 is 6.69. The molecule has 0 aliphatic rings. The number of para-hydroxylation sites is 1. The number of aromatic nitrogens is 2. The van der Waals surface area contributed by atoms with Crippen LogP contribution in [-0.2, 0) is 16.0 Å². The molecule has 0 unspecified atom stereocenters. The van der Waals surface area contributed by atoms with Crippen LogP contribution in [0.5, 0.6) is 0 Å². The van der Waals surface area contributed by atoms with Crippen molar-refractivity contribution >= 4 is 11.8 Å². The predicted octanol–water partition coefficient (Wildman–Crippen LogP) is 3.33. The van der Waals surface area contributed by atoms with Gasteiger partial charge in [0.25, 0.3) is 5.91 Å². The highest BCUT2D eigenvalue weighted by Gasteiger charge is 2.23. The standard InChI is InChI=1S/C25H30N4O3/c1-4-19-11-13-20(14-12-19)24-22(17-29(27-24)21-9-6-5-7-10-21)25(31)28(2)18-23(30)26-15-8-16-32-3/h5-7,9-14,17H,4,8,15-16,18H2,1-3H3,(H,26,30). The number of aryl methyl sites for hydroxylation is 1. The normalized spacial score (nSPS) is 10.7. The highest BCUT2D eigenvalue weighted by atomic mass is 16.5. The SMILES string of the molecule is CCc1ccc(-c2nn(-c3ccccc3)cc2C(=O)N(C)CC(=O)NCCCOC)cc1. The number of nitrogens with zero attached hydrogens (tertiary/aromatic N) is 3. The molecule has 1 heterocycles. The van der Waals surface area contributed by atoms with Crippen LogP contribution in [-0.4, -0.2) is 60.3 Å². The third-order valence-corrected chi connectivity index (χ3v) is 5.18. The Kier molecular flexibility index (Phi) is 8.16. The molecule has 3 rings (SSSR count). The monoisotopic (exact) mass is 434 g/mol. The van der Waals surface area contributed by atoms with Crippen LogP contribution in [0, 0.1) is 0 Å². The fourth-order valence-corrected chi connectivity index (χ4v) is 3.35. The maximum absolute atomic E-state index is 13.3. The molecule has 2 aromatic carbocycles. The van der Waals surface area contributed by atoms with Crippen molar-refractivity contribution in [3.8, 4) is 16.9 Å². The molecule has 1 N–H and O–H groups in total. The van der Waals surface area contributed by atoms with Gasteiger partial charge in [0.2, 0.25) is 5.91 Å². The van der Waals surface area contributed by atoms with Crippen molar-refractivity contribution in [3.05, 3.63) is 71.9 Å². The van der Waals surface area contributed by atoms with Crippen molar-refractivity contribution < 1.29 is 14.3 Å². The second kappa shape index (κ2) is 11.2. The van der Waals surface area contributed by atoms with Crippen molar-refractivity contribution in [2.75, 3.05) is 33.9 Å². The quantitative estimate of drug-likeness (QED) is 0.497. The maximum atomic E-state index is 13.3. The van der Waals surface area contributed by atoms with Crippen LogP contribution in [0.25, 0.3) is 16.9 Å². The summed E-state index contributed by atoms with van der Waals surface area (Å²) in [6, 6.07) is 17.7. The summed E-state index contributed by atoms with van der Waals surface area (Å²) >= 11 is 0. The van der Waals surface area contributed by atoms with Crippen molar-refractivity contribution in [2.24, 2.45) is 0 Å². The number of rotatable bonds is 10. The van der Waals surface area contributed by atoms with E-state index >= 15 is 0 Å². The van der Waals surface area contributed by atoms with E-state index in [4.69, 9.17) is 9.84 Å². The van der Waals surface area contributed by atoms with Gasteiger partial charge in [-0.2, -0.15) is 5.10 Å². The third-order valence-electron chi connectivity index (χ3n) is 5.18. The predicted molar refractivity (Wildman–Crippen MR) is 125 cm³/mol. The number of hydrogen-bond donors (Lipinski definition) is 1. The maximum Gasteiger partial charge on any atom is 0.257 e. The average molecular weight is 435 g/mol. The van der Waals surface area contributed by atoms with Gasteiger partial charge in [-0.3, -0.25) is 9.59 Å². The Labute approximate surface area is 189 Å². The molecule has 0 aliphatic carbocycles. The molecule has 0 saturated carbocycles. The molecule has 0 atom stereocenters. The third kappa shape index (κ3) is 5.82. The fraction of sp³-hybridized carbons (Fsp3) is 0.320. The Balaban J connectivity index is 1.85. The van der Waals surface area contributed by atoms with Crippen molar-refractivity contribution in [2.45, 2.75) is 19.8 Å². The molecule has 0 fully saturated rings. The first-order valence-corrected chi connectivity index (χ1v) is 10.8. The van der Waals surface area contributed by atoms with Gasteiger partial charge in [-0.1, -0.05) is 49.4 Å². The number of nitrogens with one attached hydrogen (secondary N) is 1. The van der Waals surface area contributed by atoms with Gasteiger partial charge in [0.1, 0.15) is 5.69 Å². The van der Waals surface area contributed by atoms with Gasteiger partial charge in [-0.25, -0.2) is 4.68 Å². The van der Waals surface area contributed by atoms with Crippen LogP contribution in [0.3, 0.4) is 0 Å². The van der Waals surface area contributed by atoms with E-state index in [0.717, 1.165) is 24.1 Å². The number of ether oxygens (including phenoxy) is 1. The first-order chi connectivity index (χ1) is 15.5. The van der Waals surface area contributed by atoms with E-state index in [-0.39, 0.29) is 18.4 Å². The zero-order valence-electron chi connectivity index (χ0n) is 18.9. The Morgan fingerprint density at radius 1 is 1.09 bits per heavy atom. The number of methoxy groups -OCH3 is 1. The number of carbonyl (C=O) groups is 2. The van der Waals surface area contributed by atoms with Gasteiger partial charge in [-0.05, 0) is 30.5 Å². The molecule has 7 nitrogen and oxygen atoms in total. The molecular formula is C25H30N4O3. The van der Waals surface area contributed by atoms with Gasteiger partial charge in [0.15, 0.2) is 0 Å². The Morgan fingerprint density at radius 2 is 1.81 bits per heavy atom. The van der Waals surface area contributed by atoms with Crippen molar-refractivity contribution in [1.82, 2.24) is 20.0 Å². The molecular weight excluding hydrogens is 404 g/mol. The zero-order chi connectivity index (χ0) is 22.9. The number of hydrogen-bond acceptors (Lipinski definition) is 4. The summed E-state index contributed by atoms with van der Waals surface area (Å²) in [5.41, 5.74) is 3.97. The second-order valence-corrected chi connectivity index (χ2v) is 7.58. The summed E-state index contributed by atoms with van der Waals surface area (Å²) in [6.45, 7) is 3.16. The number of amides is 2. The van der Waals surface area contributed by atoms with Crippen molar-refractivity contribution in [3.63, 3.8) is 0 Å². The molecule has 0 aliphatic heterocycles. The lowest BCUT2D eigenvalue weighted by Gasteiger charge is -2.16. The van der Waals surface area contributed by atoms with Crippen molar-refractivity contribution in [1.29, 1.82) is 0 Å². The van der Waals surface area contributed by atoms with Crippen LogP contribution < -0.4 is 5.32 Å². The molecule has 0 bridgehead atoms. The summed E-state index contributed by atoms with van der Waals surface area (Å²) in [5, 5.41) is 7.52. The van der Waals surface area contributed by atoms with E-state index in [1.54, 1.807) is 25.0 Å². The number of benzene rings is 2. The summed E-state index contributed by atoms with van der Waals surface area (Å²) in [6.07, 6.45) is 3.39. The summed E-state index contributed by atoms with van der Waals surface area (Å²) in [7, 11) is 3.25. The van der Waals surface area contributed by atoms with E-state index in [9.17, 15) is 9.59 Å². The van der Waals surface area contributed by atoms with Crippen LogP contribution in [0.4, 0.5) is 0 Å². The van der Waals surface area contributed by atoms with E-state index in [1.165, 1.54) is 10.5 Å².